The van der Waals surface area contributed by atoms with Crippen molar-refractivity contribution in [2.75, 3.05) is 13.2 Å². The van der Waals surface area contributed by atoms with Gasteiger partial charge in [-0.25, -0.2) is 0 Å². The van der Waals surface area contributed by atoms with Crippen molar-refractivity contribution in [2.45, 2.75) is 37.8 Å². The van der Waals surface area contributed by atoms with E-state index in [4.69, 9.17) is 10.2 Å². The zero-order chi connectivity index (χ0) is 12.7. The molecule has 0 aromatic rings. The van der Waals surface area contributed by atoms with Gasteiger partial charge in [-0.15, -0.1) is 0 Å². The van der Waals surface area contributed by atoms with Gasteiger partial charge >= 0.3 is 0 Å². The smallest absolute Gasteiger partial charge is 0.251 e. The van der Waals surface area contributed by atoms with E-state index in [1.165, 1.54) is 0 Å². The molecule has 0 radical (unpaired) electrons. The molecule has 16 heavy (non-hydrogen) atoms. The maximum Gasteiger partial charge on any atom is 0.251 e. The molecule has 0 aliphatic carbocycles. The summed E-state index contributed by atoms with van der Waals surface area (Å²) >= 11 is 0. The third kappa shape index (κ3) is 4.42. The normalized spacial score (nSPS) is 18.6. The first kappa shape index (κ1) is 15.3. The Balaban J connectivity index is 4.25. The molecule has 0 bridgehead atoms. The van der Waals surface area contributed by atoms with E-state index in [-0.39, 0.29) is 0 Å². The van der Waals surface area contributed by atoms with E-state index >= 15 is 0 Å². The summed E-state index contributed by atoms with van der Waals surface area (Å²) < 4.78 is 0. The summed E-state index contributed by atoms with van der Waals surface area (Å²) in [5.41, 5.74) is 0. The summed E-state index contributed by atoms with van der Waals surface area (Å²) in [5.74, 6) is -0.835. The van der Waals surface area contributed by atoms with E-state index in [1.54, 1.807) is 0 Å². The minimum absolute atomic E-state index is 0.335. The predicted octanol–water partition coefficient (Wildman–Crippen LogP) is -3.05. The van der Waals surface area contributed by atoms with Crippen LogP contribution in [0.1, 0.15) is 13.3 Å². The Morgan fingerprint density at radius 3 is 2.19 bits per heavy atom. The fourth-order valence-corrected chi connectivity index (χ4v) is 1.03. The van der Waals surface area contributed by atoms with Crippen LogP contribution in [-0.2, 0) is 4.79 Å². The van der Waals surface area contributed by atoms with Crippen LogP contribution in [0.15, 0.2) is 0 Å². The van der Waals surface area contributed by atoms with Crippen molar-refractivity contribution in [1.82, 2.24) is 5.32 Å². The van der Waals surface area contributed by atoms with Gasteiger partial charge in [0.15, 0.2) is 6.10 Å². The summed E-state index contributed by atoms with van der Waals surface area (Å²) in [6.45, 7) is 1.37. The second kappa shape index (κ2) is 7.53. The number of aliphatic hydroxyl groups excluding tert-OH is 5. The average Bonchev–Trinajstić information content (AvgIpc) is 2.31. The van der Waals surface area contributed by atoms with Crippen LogP contribution < -0.4 is 5.32 Å². The summed E-state index contributed by atoms with van der Waals surface area (Å²) in [5, 5.41) is 47.7. The highest BCUT2D eigenvalue weighted by molar-refractivity contribution is 5.81. The molecule has 0 fully saturated rings. The standard InChI is InChI=1S/C9H19NO6/c1-2-3-10-9(16)8(15)7(14)6(13)5(12)4-11/h5-8,11-15H,2-4H2,1H3,(H,10,16)/t5-,6-,7-,8+/m1/s1. The quantitative estimate of drug-likeness (QED) is 0.279. The molecule has 0 aliphatic heterocycles. The number of carbonyl (C=O) groups is 1. The maximum absolute atomic E-state index is 11.2. The SMILES string of the molecule is CCCNC(=O)[C@@H](O)[C@H](O)[C@H](O)[C@H](O)CO. The topological polar surface area (TPSA) is 130 Å². The molecule has 0 aromatic heterocycles. The van der Waals surface area contributed by atoms with Crippen molar-refractivity contribution in [3.05, 3.63) is 0 Å². The molecule has 0 rings (SSSR count). The van der Waals surface area contributed by atoms with Crippen molar-refractivity contribution in [1.29, 1.82) is 0 Å². The van der Waals surface area contributed by atoms with Crippen LogP contribution in [0.2, 0.25) is 0 Å². The maximum atomic E-state index is 11.2. The van der Waals surface area contributed by atoms with Gasteiger partial charge in [0.2, 0.25) is 0 Å². The minimum atomic E-state index is -1.85. The van der Waals surface area contributed by atoms with Crippen LogP contribution in [0.4, 0.5) is 0 Å². The Kier molecular flexibility index (Phi) is 7.18. The Hall–Kier alpha value is -0.730. The van der Waals surface area contributed by atoms with Gasteiger partial charge in [-0.05, 0) is 6.42 Å². The van der Waals surface area contributed by atoms with E-state index in [0.717, 1.165) is 0 Å². The van der Waals surface area contributed by atoms with Crippen LogP contribution in [0.5, 0.6) is 0 Å². The first-order valence-corrected chi connectivity index (χ1v) is 5.06. The number of carbonyl (C=O) groups excluding carboxylic acids is 1. The third-order valence-electron chi connectivity index (χ3n) is 2.07. The number of aliphatic hydroxyl groups is 5. The first-order valence-electron chi connectivity index (χ1n) is 5.06. The zero-order valence-corrected chi connectivity index (χ0v) is 9.08. The van der Waals surface area contributed by atoms with Crippen LogP contribution in [0, 0.1) is 0 Å². The fourth-order valence-electron chi connectivity index (χ4n) is 1.03. The summed E-state index contributed by atoms with van der Waals surface area (Å²) in [6, 6.07) is 0. The largest absolute Gasteiger partial charge is 0.394 e. The molecule has 1 amide bonds. The molecule has 0 spiro atoms. The van der Waals surface area contributed by atoms with E-state index in [1.807, 2.05) is 6.92 Å². The molecule has 0 aromatic carbocycles. The molecule has 0 unspecified atom stereocenters. The molecule has 6 N–H and O–H groups in total. The molecule has 7 nitrogen and oxygen atoms in total. The van der Waals surface area contributed by atoms with Gasteiger partial charge < -0.3 is 30.8 Å². The number of amides is 1. The van der Waals surface area contributed by atoms with Crippen LogP contribution in [0.3, 0.4) is 0 Å². The van der Waals surface area contributed by atoms with Gasteiger partial charge in [0.1, 0.15) is 18.3 Å². The average molecular weight is 237 g/mol. The van der Waals surface area contributed by atoms with Crippen LogP contribution in [-0.4, -0.2) is 69.0 Å². The number of hydrogen-bond donors (Lipinski definition) is 6. The van der Waals surface area contributed by atoms with Crippen molar-refractivity contribution in [3.8, 4) is 0 Å². The molecule has 0 heterocycles. The lowest BCUT2D eigenvalue weighted by Gasteiger charge is -2.24. The molecule has 0 saturated carbocycles. The highest BCUT2D eigenvalue weighted by Crippen LogP contribution is 2.05. The first-order chi connectivity index (χ1) is 7.45. The van der Waals surface area contributed by atoms with Crippen LogP contribution in [0.25, 0.3) is 0 Å². The lowest BCUT2D eigenvalue weighted by molar-refractivity contribution is -0.148. The van der Waals surface area contributed by atoms with Crippen molar-refractivity contribution in [3.63, 3.8) is 0 Å². The number of nitrogens with one attached hydrogen (secondary N) is 1. The molecular weight excluding hydrogens is 218 g/mol. The monoisotopic (exact) mass is 237 g/mol. The zero-order valence-electron chi connectivity index (χ0n) is 9.08. The molecule has 4 atom stereocenters. The van der Waals surface area contributed by atoms with Gasteiger partial charge in [0.25, 0.3) is 5.91 Å². The summed E-state index contributed by atoms with van der Waals surface area (Å²) in [7, 11) is 0. The summed E-state index contributed by atoms with van der Waals surface area (Å²) in [4.78, 5) is 11.2. The number of rotatable bonds is 7. The molecule has 7 heteroatoms. The minimum Gasteiger partial charge on any atom is -0.394 e. The van der Waals surface area contributed by atoms with E-state index < -0.39 is 36.9 Å². The van der Waals surface area contributed by atoms with Crippen LogP contribution >= 0.6 is 0 Å². The Morgan fingerprint density at radius 1 is 1.19 bits per heavy atom. The van der Waals surface area contributed by atoms with Gasteiger partial charge in [-0.2, -0.15) is 0 Å². The Labute approximate surface area is 93.3 Å². The van der Waals surface area contributed by atoms with Gasteiger partial charge in [0, 0.05) is 6.54 Å². The van der Waals surface area contributed by atoms with E-state index in [0.29, 0.717) is 13.0 Å². The second-order valence-electron chi connectivity index (χ2n) is 3.47. The second-order valence-corrected chi connectivity index (χ2v) is 3.47. The lowest BCUT2D eigenvalue weighted by Crippen LogP contribution is -2.51. The predicted molar refractivity (Wildman–Crippen MR) is 54.4 cm³/mol. The molecule has 0 aliphatic rings. The highest BCUT2D eigenvalue weighted by Gasteiger charge is 2.33. The van der Waals surface area contributed by atoms with Gasteiger partial charge in [-0.3, -0.25) is 4.79 Å². The molecular formula is C9H19NO6. The third-order valence-corrected chi connectivity index (χ3v) is 2.07. The summed E-state index contributed by atoms with van der Waals surface area (Å²) in [6.07, 6.45) is -6.42. The Morgan fingerprint density at radius 2 is 1.75 bits per heavy atom. The number of hydrogen-bond acceptors (Lipinski definition) is 6. The highest BCUT2D eigenvalue weighted by atomic mass is 16.4. The van der Waals surface area contributed by atoms with Crippen molar-refractivity contribution >= 4 is 5.91 Å². The lowest BCUT2D eigenvalue weighted by atomic mass is 10.0. The van der Waals surface area contributed by atoms with Gasteiger partial charge in [-0.1, -0.05) is 6.92 Å². The Bertz CT molecular complexity index is 212. The van der Waals surface area contributed by atoms with Crippen molar-refractivity contribution < 1.29 is 30.3 Å². The fraction of sp³-hybridized carbons (Fsp3) is 0.889. The van der Waals surface area contributed by atoms with E-state index in [2.05, 4.69) is 5.32 Å². The van der Waals surface area contributed by atoms with Gasteiger partial charge in [0.05, 0.1) is 6.61 Å². The van der Waals surface area contributed by atoms with E-state index in [9.17, 15) is 20.1 Å². The molecule has 0 saturated heterocycles. The molecule has 96 valence electrons. The van der Waals surface area contributed by atoms with Crippen molar-refractivity contribution in [2.24, 2.45) is 0 Å².